The van der Waals surface area contributed by atoms with Crippen molar-refractivity contribution in [2.75, 3.05) is 6.54 Å². The first kappa shape index (κ1) is 12.2. The first-order valence-corrected chi connectivity index (χ1v) is 5.79. The molecule has 1 heterocycles. The van der Waals surface area contributed by atoms with Crippen LogP contribution in [-0.2, 0) is 13.0 Å². The van der Waals surface area contributed by atoms with E-state index in [-0.39, 0.29) is 6.54 Å². The highest BCUT2D eigenvalue weighted by Gasteiger charge is 1.98. The van der Waals surface area contributed by atoms with Gasteiger partial charge in [0, 0.05) is 12.3 Å². The lowest BCUT2D eigenvalue weighted by atomic mass is 10.2. The molecule has 0 amide bonds. The van der Waals surface area contributed by atoms with Crippen LogP contribution in [0.4, 0.5) is 0 Å². The summed E-state index contributed by atoms with van der Waals surface area (Å²) in [6.45, 7) is 0.787. The van der Waals surface area contributed by atoms with E-state index in [9.17, 15) is 4.91 Å². The van der Waals surface area contributed by atoms with Crippen LogP contribution in [0.1, 0.15) is 11.1 Å². The van der Waals surface area contributed by atoms with Crippen LogP contribution in [0.15, 0.2) is 53.8 Å². The van der Waals surface area contributed by atoms with Gasteiger partial charge in [-0.3, -0.25) is 0 Å². The Hall–Kier alpha value is -2.23. The normalized spacial score (nSPS) is 10.0. The van der Waals surface area contributed by atoms with Crippen LogP contribution in [-0.4, -0.2) is 11.5 Å². The highest BCUT2D eigenvalue weighted by molar-refractivity contribution is 5.19. The predicted octanol–water partition coefficient (Wildman–Crippen LogP) is 2.97. The van der Waals surface area contributed by atoms with Crippen LogP contribution >= 0.6 is 0 Å². The van der Waals surface area contributed by atoms with Crippen molar-refractivity contribution in [2.45, 2.75) is 13.0 Å². The molecule has 0 saturated carbocycles. The third-order valence-corrected chi connectivity index (χ3v) is 2.52. The predicted molar refractivity (Wildman–Crippen MR) is 69.4 cm³/mol. The van der Waals surface area contributed by atoms with Gasteiger partial charge in [0.05, 0.1) is 6.54 Å². The minimum absolute atomic E-state index is 0.284. The molecule has 0 saturated heterocycles. The van der Waals surface area contributed by atoms with Crippen molar-refractivity contribution in [3.63, 3.8) is 0 Å². The van der Waals surface area contributed by atoms with E-state index in [4.69, 9.17) is 4.74 Å². The molecule has 0 atom stereocenters. The van der Waals surface area contributed by atoms with Crippen molar-refractivity contribution in [2.24, 2.45) is 5.18 Å². The summed E-state index contributed by atoms with van der Waals surface area (Å²) in [4.78, 5) is 14.2. The molecule has 0 aliphatic carbocycles. The second-order valence-corrected chi connectivity index (χ2v) is 3.88. The summed E-state index contributed by atoms with van der Waals surface area (Å²) in [6.07, 6.45) is 2.33. The monoisotopic (exact) mass is 242 g/mol. The molecule has 2 aromatic rings. The summed E-state index contributed by atoms with van der Waals surface area (Å²) in [5.74, 6) is 0.585. The van der Waals surface area contributed by atoms with Crippen molar-refractivity contribution >= 4 is 0 Å². The molecule has 0 unspecified atom stereocenters. The van der Waals surface area contributed by atoms with Gasteiger partial charge in [0.1, 0.15) is 6.61 Å². The van der Waals surface area contributed by atoms with E-state index in [1.807, 2.05) is 42.5 Å². The Labute approximate surface area is 106 Å². The van der Waals surface area contributed by atoms with Gasteiger partial charge in [-0.05, 0) is 17.5 Å². The topological polar surface area (TPSA) is 51.5 Å². The van der Waals surface area contributed by atoms with Gasteiger partial charge in [-0.1, -0.05) is 41.6 Å². The molecular formula is C14H14N2O2. The highest BCUT2D eigenvalue weighted by Crippen LogP contribution is 2.10. The third kappa shape index (κ3) is 3.66. The van der Waals surface area contributed by atoms with Gasteiger partial charge >= 0.3 is 0 Å². The van der Waals surface area contributed by atoms with E-state index >= 15 is 0 Å². The molecule has 4 nitrogen and oxygen atoms in total. The van der Waals surface area contributed by atoms with Gasteiger partial charge in [-0.15, -0.1) is 0 Å². The zero-order valence-electron chi connectivity index (χ0n) is 9.95. The molecule has 18 heavy (non-hydrogen) atoms. The molecule has 0 spiro atoms. The smallest absolute Gasteiger partial charge is 0.213 e. The Morgan fingerprint density at radius 1 is 1.06 bits per heavy atom. The number of hydrogen-bond acceptors (Lipinski definition) is 4. The number of ether oxygens (including phenoxy) is 1. The van der Waals surface area contributed by atoms with Crippen molar-refractivity contribution in [3.05, 3.63) is 64.7 Å². The third-order valence-electron chi connectivity index (χ3n) is 2.52. The van der Waals surface area contributed by atoms with Crippen molar-refractivity contribution in [3.8, 4) is 5.88 Å². The van der Waals surface area contributed by atoms with Gasteiger partial charge in [-0.2, -0.15) is 4.91 Å². The van der Waals surface area contributed by atoms with Crippen molar-refractivity contribution in [1.82, 2.24) is 4.98 Å². The molecular weight excluding hydrogens is 228 g/mol. The van der Waals surface area contributed by atoms with E-state index < -0.39 is 0 Å². The summed E-state index contributed by atoms with van der Waals surface area (Å²) in [5.41, 5.74) is 2.09. The number of pyridine rings is 1. The lowest BCUT2D eigenvalue weighted by Crippen LogP contribution is -1.98. The number of rotatable bonds is 6. The second kappa shape index (κ2) is 6.49. The summed E-state index contributed by atoms with van der Waals surface area (Å²) in [5, 5.41) is 2.82. The maximum Gasteiger partial charge on any atom is 0.213 e. The average molecular weight is 242 g/mol. The standard InChI is InChI=1S/C14H14N2O2/c17-16-9-8-12-6-7-14(15-10-12)18-11-13-4-2-1-3-5-13/h1-7,10H,8-9,11H2. The fourth-order valence-electron chi connectivity index (χ4n) is 1.55. The van der Waals surface area contributed by atoms with Crippen LogP contribution in [0.5, 0.6) is 5.88 Å². The fourth-order valence-corrected chi connectivity index (χ4v) is 1.55. The molecule has 4 heteroatoms. The zero-order chi connectivity index (χ0) is 12.6. The molecule has 0 N–H and O–H groups in total. The Morgan fingerprint density at radius 2 is 1.89 bits per heavy atom. The van der Waals surface area contributed by atoms with E-state index in [2.05, 4.69) is 10.2 Å². The Bertz CT molecular complexity index is 483. The molecule has 1 aromatic carbocycles. The largest absolute Gasteiger partial charge is 0.473 e. The SMILES string of the molecule is O=NCCc1ccc(OCc2ccccc2)nc1. The van der Waals surface area contributed by atoms with Gasteiger partial charge in [-0.25, -0.2) is 4.98 Å². The van der Waals surface area contributed by atoms with E-state index in [1.54, 1.807) is 6.20 Å². The van der Waals surface area contributed by atoms with Crippen molar-refractivity contribution < 1.29 is 4.74 Å². The summed E-state index contributed by atoms with van der Waals surface area (Å²) in [7, 11) is 0. The lowest BCUT2D eigenvalue weighted by molar-refractivity contribution is 0.294. The minimum atomic E-state index is 0.284. The van der Waals surface area contributed by atoms with E-state index in [0.29, 0.717) is 18.9 Å². The van der Waals surface area contributed by atoms with E-state index in [1.165, 1.54) is 0 Å². The first-order valence-electron chi connectivity index (χ1n) is 5.79. The Kier molecular flexibility index (Phi) is 4.41. The van der Waals surface area contributed by atoms with E-state index in [0.717, 1.165) is 11.1 Å². The van der Waals surface area contributed by atoms with Gasteiger partial charge in [0.25, 0.3) is 0 Å². The number of aromatic nitrogens is 1. The number of hydrogen-bond donors (Lipinski definition) is 0. The number of benzene rings is 1. The summed E-state index contributed by atoms with van der Waals surface area (Å²) in [6, 6.07) is 13.6. The van der Waals surface area contributed by atoms with Crippen LogP contribution in [0, 0.1) is 4.91 Å². The molecule has 0 aliphatic heterocycles. The molecule has 0 radical (unpaired) electrons. The average Bonchev–Trinajstić information content (AvgIpc) is 2.45. The molecule has 0 aliphatic rings. The maximum atomic E-state index is 10.0. The van der Waals surface area contributed by atoms with Crippen LogP contribution in [0.3, 0.4) is 0 Å². The molecule has 0 bridgehead atoms. The molecule has 2 rings (SSSR count). The molecule has 0 fully saturated rings. The van der Waals surface area contributed by atoms with Gasteiger partial charge in [0.15, 0.2) is 0 Å². The maximum absolute atomic E-state index is 10.0. The Balaban J connectivity index is 1.88. The highest BCUT2D eigenvalue weighted by atomic mass is 16.5. The Morgan fingerprint density at radius 3 is 2.56 bits per heavy atom. The summed E-state index contributed by atoms with van der Waals surface area (Å²) >= 11 is 0. The molecule has 92 valence electrons. The number of nitrogens with zero attached hydrogens (tertiary/aromatic N) is 2. The van der Waals surface area contributed by atoms with Gasteiger partial charge in [0.2, 0.25) is 5.88 Å². The fraction of sp³-hybridized carbons (Fsp3) is 0.214. The van der Waals surface area contributed by atoms with Crippen LogP contribution < -0.4 is 4.74 Å². The zero-order valence-corrected chi connectivity index (χ0v) is 9.95. The minimum Gasteiger partial charge on any atom is -0.473 e. The molecule has 1 aromatic heterocycles. The van der Waals surface area contributed by atoms with Crippen molar-refractivity contribution in [1.29, 1.82) is 0 Å². The van der Waals surface area contributed by atoms with Gasteiger partial charge < -0.3 is 4.74 Å². The quantitative estimate of drug-likeness (QED) is 0.732. The summed E-state index contributed by atoms with van der Waals surface area (Å²) < 4.78 is 5.56. The second-order valence-electron chi connectivity index (χ2n) is 3.88. The first-order chi connectivity index (χ1) is 8.88. The van der Waals surface area contributed by atoms with Crippen LogP contribution in [0.25, 0.3) is 0 Å². The van der Waals surface area contributed by atoms with Crippen LogP contribution in [0.2, 0.25) is 0 Å². The lowest BCUT2D eigenvalue weighted by Gasteiger charge is -2.05. The number of nitroso groups, excluding NO2 is 1.